The van der Waals surface area contributed by atoms with E-state index >= 15 is 0 Å². The van der Waals surface area contributed by atoms with Crippen molar-refractivity contribution in [2.24, 2.45) is 0 Å². The van der Waals surface area contributed by atoms with Crippen molar-refractivity contribution in [2.45, 2.75) is 25.7 Å². The van der Waals surface area contributed by atoms with E-state index in [1.807, 2.05) is 0 Å². The van der Waals surface area contributed by atoms with Gasteiger partial charge in [-0.2, -0.15) is 0 Å². The van der Waals surface area contributed by atoms with Gasteiger partial charge in [0.05, 0.1) is 0 Å². The maximum atomic E-state index is 12.1. The van der Waals surface area contributed by atoms with E-state index in [0.717, 1.165) is 38.2 Å². The number of halogens is 5. The van der Waals surface area contributed by atoms with Gasteiger partial charge in [0.1, 0.15) is 5.75 Å². The summed E-state index contributed by atoms with van der Waals surface area (Å²) in [6.07, 6.45) is -3.70. The Bertz CT molecular complexity index is 423. The Kier molecular flexibility index (Phi) is 9.15. The van der Waals surface area contributed by atoms with Gasteiger partial charge in [0, 0.05) is 32.2 Å². The monoisotopic (exact) mass is 360 g/mol. The standard InChI is InChI=1S/C14H19F3N2O.2ClH/c1-2-13(19-9-7-18-8-10-19)11-3-5-12(6-4-11)20-14(15,16)17;;/h3-6,13,18H,2,7-10H2,1H3;2*1H/t13-;;/m1../s1. The molecule has 8 heteroatoms. The van der Waals surface area contributed by atoms with E-state index in [4.69, 9.17) is 0 Å². The highest BCUT2D eigenvalue weighted by Gasteiger charge is 2.31. The molecular formula is C14H21Cl2F3N2O. The molecule has 1 fully saturated rings. The van der Waals surface area contributed by atoms with Crippen LogP contribution in [-0.4, -0.2) is 37.4 Å². The molecule has 1 heterocycles. The van der Waals surface area contributed by atoms with E-state index in [1.54, 1.807) is 12.1 Å². The summed E-state index contributed by atoms with van der Waals surface area (Å²) in [6, 6.07) is 6.45. The van der Waals surface area contributed by atoms with Gasteiger partial charge >= 0.3 is 6.36 Å². The van der Waals surface area contributed by atoms with Gasteiger partial charge in [-0.05, 0) is 24.1 Å². The molecule has 0 radical (unpaired) electrons. The Morgan fingerprint density at radius 3 is 2.14 bits per heavy atom. The summed E-state index contributed by atoms with van der Waals surface area (Å²) in [5.41, 5.74) is 1.03. The molecule has 3 nitrogen and oxygen atoms in total. The Balaban J connectivity index is 0.00000220. The Labute approximate surface area is 141 Å². The zero-order valence-corrected chi connectivity index (χ0v) is 13.9. The van der Waals surface area contributed by atoms with Gasteiger partial charge in [0.15, 0.2) is 0 Å². The Morgan fingerprint density at radius 2 is 1.68 bits per heavy atom. The fourth-order valence-corrected chi connectivity index (χ4v) is 2.59. The SMILES string of the molecule is CC[C@H](c1ccc(OC(F)(F)F)cc1)N1CCNCC1.Cl.Cl. The molecular weight excluding hydrogens is 340 g/mol. The van der Waals surface area contributed by atoms with Crippen LogP contribution in [0.5, 0.6) is 5.75 Å². The number of piperazine rings is 1. The molecule has 1 aliphatic heterocycles. The lowest BCUT2D eigenvalue weighted by Gasteiger charge is -2.34. The first-order valence-corrected chi connectivity index (χ1v) is 6.80. The molecule has 0 bridgehead atoms. The summed E-state index contributed by atoms with van der Waals surface area (Å²) in [5.74, 6) is -0.170. The summed E-state index contributed by atoms with van der Waals surface area (Å²) in [6.45, 7) is 5.91. The lowest BCUT2D eigenvalue weighted by molar-refractivity contribution is -0.274. The first-order chi connectivity index (χ1) is 9.49. The van der Waals surface area contributed by atoms with Gasteiger partial charge in [-0.25, -0.2) is 0 Å². The van der Waals surface area contributed by atoms with Crippen LogP contribution in [0, 0.1) is 0 Å². The molecule has 22 heavy (non-hydrogen) atoms. The summed E-state index contributed by atoms with van der Waals surface area (Å²) < 4.78 is 40.3. The van der Waals surface area contributed by atoms with E-state index in [2.05, 4.69) is 21.9 Å². The highest BCUT2D eigenvalue weighted by atomic mass is 35.5. The fourth-order valence-electron chi connectivity index (χ4n) is 2.59. The molecule has 0 spiro atoms. The van der Waals surface area contributed by atoms with Crippen LogP contribution in [0.4, 0.5) is 13.2 Å². The molecule has 0 aromatic heterocycles. The second-order valence-corrected chi connectivity index (χ2v) is 4.83. The smallest absolute Gasteiger partial charge is 0.406 e. The van der Waals surface area contributed by atoms with Crippen LogP contribution in [0.15, 0.2) is 24.3 Å². The molecule has 1 saturated heterocycles. The van der Waals surface area contributed by atoms with Crippen LogP contribution in [0.3, 0.4) is 0 Å². The molecule has 128 valence electrons. The number of benzene rings is 1. The summed E-state index contributed by atoms with van der Waals surface area (Å²) in [5, 5.41) is 3.29. The number of nitrogens with zero attached hydrogens (tertiary/aromatic N) is 1. The summed E-state index contributed by atoms with van der Waals surface area (Å²) >= 11 is 0. The van der Waals surface area contributed by atoms with E-state index in [0.29, 0.717) is 0 Å². The molecule has 1 N–H and O–H groups in total. The molecule has 1 aromatic carbocycles. The Morgan fingerprint density at radius 1 is 1.14 bits per heavy atom. The van der Waals surface area contributed by atoms with E-state index in [9.17, 15) is 13.2 Å². The highest BCUT2D eigenvalue weighted by molar-refractivity contribution is 5.85. The average Bonchev–Trinajstić information content (AvgIpc) is 2.41. The van der Waals surface area contributed by atoms with Gasteiger partial charge < -0.3 is 10.1 Å². The van der Waals surface area contributed by atoms with Gasteiger partial charge in [-0.1, -0.05) is 19.1 Å². The van der Waals surface area contributed by atoms with E-state index in [1.165, 1.54) is 12.1 Å². The fraction of sp³-hybridized carbons (Fsp3) is 0.571. The van der Waals surface area contributed by atoms with Crippen molar-refractivity contribution in [3.05, 3.63) is 29.8 Å². The van der Waals surface area contributed by atoms with Crippen LogP contribution in [0.2, 0.25) is 0 Å². The normalized spacial score (nSPS) is 17.1. The molecule has 0 saturated carbocycles. The largest absolute Gasteiger partial charge is 0.573 e. The van der Waals surface area contributed by atoms with Crippen molar-refractivity contribution in [1.29, 1.82) is 0 Å². The number of ether oxygens (including phenoxy) is 1. The minimum atomic E-state index is -4.63. The quantitative estimate of drug-likeness (QED) is 0.883. The molecule has 1 aromatic rings. The maximum Gasteiger partial charge on any atom is 0.573 e. The van der Waals surface area contributed by atoms with Crippen molar-refractivity contribution in [1.82, 2.24) is 10.2 Å². The lowest BCUT2D eigenvalue weighted by atomic mass is 10.0. The summed E-state index contributed by atoms with van der Waals surface area (Å²) in [7, 11) is 0. The third kappa shape index (κ3) is 6.20. The second kappa shape index (κ2) is 9.45. The minimum absolute atomic E-state index is 0. The molecule has 2 rings (SSSR count). The lowest BCUT2D eigenvalue weighted by Crippen LogP contribution is -2.45. The maximum absolute atomic E-state index is 12.1. The van der Waals surface area contributed by atoms with E-state index in [-0.39, 0.29) is 36.6 Å². The topological polar surface area (TPSA) is 24.5 Å². The second-order valence-electron chi connectivity index (χ2n) is 4.83. The van der Waals surface area contributed by atoms with Crippen molar-refractivity contribution >= 4 is 24.8 Å². The third-order valence-corrected chi connectivity index (χ3v) is 3.48. The minimum Gasteiger partial charge on any atom is -0.406 e. The molecule has 0 unspecified atom stereocenters. The number of rotatable bonds is 4. The average molecular weight is 361 g/mol. The zero-order chi connectivity index (χ0) is 14.6. The van der Waals surface area contributed by atoms with Gasteiger partial charge in [-0.15, -0.1) is 38.0 Å². The van der Waals surface area contributed by atoms with Crippen LogP contribution in [0.1, 0.15) is 24.9 Å². The first kappa shape index (κ1) is 21.3. The number of hydrogen-bond donors (Lipinski definition) is 1. The van der Waals surface area contributed by atoms with Crippen LogP contribution in [0.25, 0.3) is 0 Å². The van der Waals surface area contributed by atoms with Crippen molar-refractivity contribution in [3.63, 3.8) is 0 Å². The molecule has 1 atom stereocenters. The van der Waals surface area contributed by atoms with Gasteiger partial charge in [0.25, 0.3) is 0 Å². The first-order valence-electron chi connectivity index (χ1n) is 6.80. The van der Waals surface area contributed by atoms with Gasteiger partial charge in [-0.3, -0.25) is 4.90 Å². The number of hydrogen-bond acceptors (Lipinski definition) is 3. The summed E-state index contributed by atoms with van der Waals surface area (Å²) in [4.78, 5) is 2.36. The van der Waals surface area contributed by atoms with Crippen LogP contribution >= 0.6 is 24.8 Å². The zero-order valence-electron chi connectivity index (χ0n) is 12.2. The number of nitrogens with one attached hydrogen (secondary N) is 1. The molecule has 1 aliphatic rings. The molecule has 0 aliphatic carbocycles. The molecule has 0 amide bonds. The Hall–Kier alpha value is -0.690. The van der Waals surface area contributed by atoms with Crippen molar-refractivity contribution < 1.29 is 17.9 Å². The highest BCUT2D eigenvalue weighted by Crippen LogP contribution is 2.28. The van der Waals surface area contributed by atoms with Crippen LogP contribution in [-0.2, 0) is 0 Å². The van der Waals surface area contributed by atoms with E-state index < -0.39 is 6.36 Å². The third-order valence-electron chi connectivity index (χ3n) is 3.48. The predicted octanol–water partition coefficient (Wildman–Crippen LogP) is 3.79. The number of alkyl halides is 3. The van der Waals surface area contributed by atoms with Gasteiger partial charge in [0.2, 0.25) is 0 Å². The van der Waals surface area contributed by atoms with Crippen molar-refractivity contribution in [2.75, 3.05) is 26.2 Å². The van der Waals surface area contributed by atoms with Crippen LogP contribution < -0.4 is 10.1 Å². The van der Waals surface area contributed by atoms with Crippen molar-refractivity contribution in [3.8, 4) is 5.75 Å². The predicted molar refractivity (Wildman–Crippen MR) is 85.1 cm³/mol.